The van der Waals surface area contributed by atoms with Gasteiger partial charge in [0.15, 0.2) is 0 Å². The number of para-hydroxylation sites is 3. The summed E-state index contributed by atoms with van der Waals surface area (Å²) in [6.07, 6.45) is 17.3. The van der Waals surface area contributed by atoms with Crippen LogP contribution in [0.25, 0.3) is 5.57 Å². The Labute approximate surface area is 312 Å². The molecule has 0 aliphatic carbocycles. The van der Waals surface area contributed by atoms with Crippen LogP contribution in [0, 0.1) is 6.92 Å². The van der Waals surface area contributed by atoms with Crippen molar-refractivity contribution in [1.29, 1.82) is 0 Å². The minimum atomic E-state index is 1.07. The van der Waals surface area contributed by atoms with Crippen LogP contribution in [0.15, 0.2) is 199 Å². The summed E-state index contributed by atoms with van der Waals surface area (Å²) < 4.78 is 0. The van der Waals surface area contributed by atoms with Gasteiger partial charge in [-0.15, -0.1) is 0 Å². The SMILES string of the molecule is C/C=C\C(=C/C)N(/C(C)=C/C=C(\C)c1ccc(N(C(/C=C\C)=C/C)c2ccccc2)cc1N(c1ccccc1)c1cccc(C)c1)c1ccccc1. The number of hydrogen-bond acceptors (Lipinski definition) is 3. The van der Waals surface area contributed by atoms with Crippen LogP contribution in [0.2, 0.25) is 0 Å². The fraction of sp³-hybridized carbons (Fsp3) is 0.143. The second-order valence-electron chi connectivity index (χ2n) is 12.6. The third-order valence-corrected chi connectivity index (χ3v) is 8.92. The van der Waals surface area contributed by atoms with Gasteiger partial charge in [0.2, 0.25) is 0 Å². The highest BCUT2D eigenvalue weighted by Gasteiger charge is 2.21. The van der Waals surface area contributed by atoms with Crippen molar-refractivity contribution in [3.8, 4) is 0 Å². The van der Waals surface area contributed by atoms with Gasteiger partial charge in [-0.05, 0) is 138 Å². The Bertz CT molecular complexity index is 2100. The lowest BCUT2D eigenvalue weighted by Crippen LogP contribution is -2.19. The molecule has 0 saturated carbocycles. The van der Waals surface area contributed by atoms with Crippen molar-refractivity contribution in [3.05, 3.63) is 210 Å². The lowest BCUT2D eigenvalue weighted by Gasteiger charge is -2.32. The van der Waals surface area contributed by atoms with E-state index in [1.165, 1.54) is 5.56 Å². The normalized spacial score (nSPS) is 12.8. The molecule has 0 saturated heterocycles. The zero-order chi connectivity index (χ0) is 36.9. The summed E-state index contributed by atoms with van der Waals surface area (Å²) in [6, 6.07) is 47.4. The Morgan fingerprint density at radius 1 is 0.500 bits per heavy atom. The van der Waals surface area contributed by atoms with E-state index in [1.54, 1.807) is 0 Å². The second kappa shape index (κ2) is 18.3. The molecular formula is C49H51N3. The monoisotopic (exact) mass is 681 g/mol. The standard InChI is InChI=1S/C49H51N3/c1-8-22-41(10-3)50(43-25-15-12-16-26-43)40(7)33-32-39(6)48-35-34-47(51(42(11-4)23-9-2)44-27-17-13-18-28-44)37-49(48)52(45-29-19-14-20-30-45)46-31-21-24-38(5)36-46/h8-37H,1-7H3/b22-8-,23-9-,39-32+,40-33+,41-10+,42-11+. The molecule has 0 fully saturated rings. The van der Waals surface area contributed by atoms with Gasteiger partial charge in [-0.1, -0.05) is 103 Å². The van der Waals surface area contributed by atoms with Gasteiger partial charge in [-0.2, -0.15) is 0 Å². The first-order valence-corrected chi connectivity index (χ1v) is 18.1. The quantitative estimate of drug-likeness (QED) is 0.115. The highest BCUT2D eigenvalue weighted by Crippen LogP contribution is 2.43. The van der Waals surface area contributed by atoms with Crippen LogP contribution in [-0.4, -0.2) is 0 Å². The van der Waals surface area contributed by atoms with E-state index >= 15 is 0 Å². The smallest absolute Gasteiger partial charge is 0.0557 e. The van der Waals surface area contributed by atoms with E-state index in [2.05, 4.69) is 245 Å². The van der Waals surface area contributed by atoms with Crippen LogP contribution in [0.1, 0.15) is 52.7 Å². The molecule has 0 aromatic heterocycles. The summed E-state index contributed by atoms with van der Waals surface area (Å²) in [5, 5.41) is 0. The number of benzene rings is 5. The predicted molar refractivity (Wildman–Crippen MR) is 228 cm³/mol. The van der Waals surface area contributed by atoms with Gasteiger partial charge >= 0.3 is 0 Å². The first-order valence-electron chi connectivity index (χ1n) is 18.1. The summed E-state index contributed by atoms with van der Waals surface area (Å²) in [7, 11) is 0. The number of anilines is 6. The maximum atomic E-state index is 2.38. The number of hydrogen-bond donors (Lipinski definition) is 0. The molecular weight excluding hydrogens is 631 g/mol. The van der Waals surface area contributed by atoms with Crippen molar-refractivity contribution < 1.29 is 0 Å². The molecule has 0 unspecified atom stereocenters. The summed E-state index contributed by atoms with van der Waals surface area (Å²) in [5.74, 6) is 0. The lowest BCUT2D eigenvalue weighted by molar-refractivity contribution is 1.09. The Kier molecular flexibility index (Phi) is 13.1. The minimum Gasteiger partial charge on any atom is -0.315 e. The van der Waals surface area contributed by atoms with Gasteiger partial charge in [0.25, 0.3) is 0 Å². The van der Waals surface area contributed by atoms with E-state index in [-0.39, 0.29) is 0 Å². The molecule has 0 N–H and O–H groups in total. The van der Waals surface area contributed by atoms with Crippen molar-refractivity contribution in [3.63, 3.8) is 0 Å². The summed E-state index contributed by atoms with van der Waals surface area (Å²) in [6.45, 7) is 14.9. The van der Waals surface area contributed by atoms with E-state index in [0.717, 1.165) is 62.4 Å². The fourth-order valence-corrected chi connectivity index (χ4v) is 6.46. The molecule has 5 rings (SSSR count). The second-order valence-corrected chi connectivity index (χ2v) is 12.6. The minimum absolute atomic E-state index is 1.07. The van der Waals surface area contributed by atoms with E-state index in [4.69, 9.17) is 0 Å². The maximum absolute atomic E-state index is 2.38. The molecule has 52 heavy (non-hydrogen) atoms. The summed E-state index contributed by atoms with van der Waals surface area (Å²) in [5.41, 5.74) is 13.4. The molecule has 0 aliphatic heterocycles. The van der Waals surface area contributed by atoms with E-state index in [1.807, 2.05) is 0 Å². The summed E-state index contributed by atoms with van der Waals surface area (Å²) >= 11 is 0. The first-order chi connectivity index (χ1) is 25.4. The van der Waals surface area contributed by atoms with Gasteiger partial charge in [0.05, 0.1) is 5.69 Å². The topological polar surface area (TPSA) is 9.72 Å². The molecule has 0 bridgehead atoms. The Balaban J connectivity index is 1.75. The molecule has 262 valence electrons. The number of rotatable bonds is 13. The van der Waals surface area contributed by atoms with Gasteiger partial charge in [0.1, 0.15) is 0 Å². The van der Waals surface area contributed by atoms with Gasteiger partial charge < -0.3 is 14.7 Å². The molecule has 0 amide bonds. The van der Waals surface area contributed by atoms with Crippen molar-refractivity contribution in [2.45, 2.75) is 48.5 Å². The molecule has 0 heterocycles. The number of nitrogens with zero attached hydrogens (tertiary/aromatic N) is 3. The van der Waals surface area contributed by atoms with E-state index < -0.39 is 0 Å². The highest BCUT2D eigenvalue weighted by molar-refractivity contribution is 5.89. The fourth-order valence-electron chi connectivity index (χ4n) is 6.46. The van der Waals surface area contributed by atoms with Crippen molar-refractivity contribution >= 4 is 39.7 Å². The van der Waals surface area contributed by atoms with Crippen LogP contribution in [-0.2, 0) is 0 Å². The highest BCUT2D eigenvalue weighted by atomic mass is 15.2. The third-order valence-electron chi connectivity index (χ3n) is 8.92. The lowest BCUT2D eigenvalue weighted by atomic mass is 10.0. The van der Waals surface area contributed by atoms with Crippen molar-refractivity contribution in [2.24, 2.45) is 0 Å². The Hall–Kier alpha value is -6.06. The zero-order valence-electron chi connectivity index (χ0n) is 31.7. The average Bonchev–Trinajstić information content (AvgIpc) is 3.18. The molecule has 0 aliphatic rings. The average molecular weight is 682 g/mol. The Morgan fingerprint density at radius 3 is 1.63 bits per heavy atom. The van der Waals surface area contributed by atoms with Gasteiger partial charge in [-0.25, -0.2) is 0 Å². The van der Waals surface area contributed by atoms with Crippen LogP contribution in [0.5, 0.6) is 0 Å². The molecule has 0 spiro atoms. The molecule has 5 aromatic carbocycles. The zero-order valence-corrected chi connectivity index (χ0v) is 31.7. The van der Waals surface area contributed by atoms with Crippen LogP contribution in [0.3, 0.4) is 0 Å². The molecule has 0 atom stereocenters. The maximum Gasteiger partial charge on any atom is 0.0557 e. The number of aryl methyl sites for hydroxylation is 1. The third kappa shape index (κ3) is 8.80. The largest absolute Gasteiger partial charge is 0.315 e. The van der Waals surface area contributed by atoms with E-state index in [9.17, 15) is 0 Å². The number of allylic oxidation sites excluding steroid dienone is 10. The van der Waals surface area contributed by atoms with Crippen LogP contribution < -0.4 is 14.7 Å². The van der Waals surface area contributed by atoms with Crippen LogP contribution in [0.4, 0.5) is 34.1 Å². The van der Waals surface area contributed by atoms with Crippen LogP contribution >= 0.6 is 0 Å². The Morgan fingerprint density at radius 2 is 1.06 bits per heavy atom. The van der Waals surface area contributed by atoms with E-state index in [0.29, 0.717) is 0 Å². The molecule has 0 radical (unpaired) electrons. The molecule has 3 heteroatoms. The van der Waals surface area contributed by atoms with Gasteiger partial charge in [0, 0.05) is 51.1 Å². The summed E-state index contributed by atoms with van der Waals surface area (Å²) in [4.78, 5) is 7.01. The first kappa shape index (κ1) is 37.2. The molecule has 3 nitrogen and oxygen atoms in total. The van der Waals surface area contributed by atoms with Gasteiger partial charge in [-0.3, -0.25) is 0 Å². The van der Waals surface area contributed by atoms with Crippen molar-refractivity contribution in [2.75, 3.05) is 14.7 Å². The molecule has 5 aromatic rings. The van der Waals surface area contributed by atoms with Crippen molar-refractivity contribution in [1.82, 2.24) is 0 Å². The predicted octanol–water partition coefficient (Wildman–Crippen LogP) is 14.4.